The normalized spacial score (nSPS) is 12.6. The summed E-state index contributed by atoms with van der Waals surface area (Å²) in [5.41, 5.74) is 0.137. The van der Waals surface area contributed by atoms with Crippen LogP contribution >= 0.6 is 0 Å². The van der Waals surface area contributed by atoms with E-state index in [1.165, 1.54) is 6.07 Å². The molecule has 0 aromatic heterocycles. The van der Waals surface area contributed by atoms with Gasteiger partial charge in [0, 0.05) is 0 Å². The van der Waals surface area contributed by atoms with E-state index in [1.54, 1.807) is 0 Å². The summed E-state index contributed by atoms with van der Waals surface area (Å²) in [4.78, 5) is 0. The first-order valence-corrected chi connectivity index (χ1v) is 9.13. The molecule has 0 bridgehead atoms. The summed E-state index contributed by atoms with van der Waals surface area (Å²) >= 11 is 0. The van der Waals surface area contributed by atoms with E-state index in [-0.39, 0.29) is 16.6 Å². The Bertz CT molecular complexity index is 493. The molecule has 0 amide bonds. The Morgan fingerprint density at radius 2 is 1.19 bits per heavy atom. The highest BCUT2D eigenvalue weighted by Gasteiger charge is 2.48. The molecule has 0 saturated heterocycles. The van der Waals surface area contributed by atoms with Gasteiger partial charge in [0.15, 0.2) is 23.2 Å². The lowest BCUT2D eigenvalue weighted by Gasteiger charge is -2.42. The van der Waals surface area contributed by atoms with Crippen molar-refractivity contribution in [1.82, 2.24) is 0 Å². The first-order valence-electron chi connectivity index (χ1n) is 6.99. The van der Waals surface area contributed by atoms with E-state index in [4.69, 9.17) is 4.43 Å². The SMILES string of the molecule is CC(C)[Si](Oc1c(F)[c]c(F)c(F)c1F)(C(C)C)C(C)C. The molecular weight excluding hydrogens is 300 g/mol. The van der Waals surface area contributed by atoms with Gasteiger partial charge in [-0.15, -0.1) is 0 Å². The van der Waals surface area contributed by atoms with Gasteiger partial charge in [0.2, 0.25) is 5.82 Å². The van der Waals surface area contributed by atoms with E-state index in [0.717, 1.165) is 0 Å². The van der Waals surface area contributed by atoms with Crippen molar-refractivity contribution in [2.45, 2.75) is 58.2 Å². The molecule has 0 heterocycles. The minimum atomic E-state index is -2.66. The number of hydrogen-bond donors (Lipinski definition) is 0. The maximum Gasteiger partial charge on any atom is 0.259 e. The zero-order valence-electron chi connectivity index (χ0n) is 13.2. The lowest BCUT2D eigenvalue weighted by atomic mass is 10.3. The first kappa shape index (κ1) is 18.0. The quantitative estimate of drug-likeness (QED) is 0.297. The van der Waals surface area contributed by atoms with Crippen LogP contribution in [0.5, 0.6) is 5.75 Å². The van der Waals surface area contributed by atoms with Gasteiger partial charge < -0.3 is 4.43 Å². The predicted octanol–water partition coefficient (Wildman–Crippen LogP) is 5.60. The standard InChI is InChI=1S/C15H21F4OSi/c1-8(2)21(9(3)4,10(5)6)20-15-12(17)7-11(16)13(18)14(15)19/h8-10H,1-6H3. The first-order chi connectivity index (χ1) is 9.55. The molecule has 21 heavy (non-hydrogen) atoms. The van der Waals surface area contributed by atoms with Crippen molar-refractivity contribution in [3.05, 3.63) is 29.3 Å². The van der Waals surface area contributed by atoms with E-state index < -0.39 is 37.3 Å². The van der Waals surface area contributed by atoms with Crippen LogP contribution in [0.3, 0.4) is 0 Å². The zero-order chi connectivity index (χ0) is 16.5. The Morgan fingerprint density at radius 1 is 0.762 bits per heavy atom. The molecule has 0 aliphatic heterocycles. The third-order valence-corrected chi connectivity index (χ3v) is 9.96. The van der Waals surface area contributed by atoms with Crippen molar-refractivity contribution in [2.75, 3.05) is 0 Å². The average molecular weight is 321 g/mol. The second-order valence-electron chi connectivity index (χ2n) is 6.13. The molecule has 1 nitrogen and oxygen atoms in total. The molecule has 0 saturated carbocycles. The summed E-state index contributed by atoms with van der Waals surface area (Å²) in [6.45, 7) is 11.5. The number of rotatable bonds is 5. The van der Waals surface area contributed by atoms with Crippen LogP contribution in [0, 0.1) is 29.3 Å². The lowest BCUT2D eigenvalue weighted by Crippen LogP contribution is -2.51. The Labute approximate surface area is 124 Å². The lowest BCUT2D eigenvalue weighted by molar-refractivity contribution is 0.373. The molecule has 0 fully saturated rings. The number of hydrogen-bond acceptors (Lipinski definition) is 1. The Kier molecular flexibility index (Phi) is 5.47. The van der Waals surface area contributed by atoms with Crippen molar-refractivity contribution in [3.63, 3.8) is 0 Å². The molecule has 1 rings (SSSR count). The predicted molar refractivity (Wildman–Crippen MR) is 76.8 cm³/mol. The number of benzene rings is 1. The Morgan fingerprint density at radius 3 is 1.57 bits per heavy atom. The highest BCUT2D eigenvalue weighted by molar-refractivity contribution is 6.78. The van der Waals surface area contributed by atoms with Crippen LogP contribution in [0.4, 0.5) is 17.6 Å². The summed E-state index contributed by atoms with van der Waals surface area (Å²) < 4.78 is 59.7. The smallest absolute Gasteiger partial charge is 0.259 e. The summed E-state index contributed by atoms with van der Waals surface area (Å²) in [7, 11) is -2.66. The highest BCUT2D eigenvalue weighted by atomic mass is 28.4. The minimum absolute atomic E-state index is 0.0458. The van der Waals surface area contributed by atoms with Crippen LogP contribution in [0.2, 0.25) is 16.6 Å². The number of halogens is 4. The van der Waals surface area contributed by atoms with E-state index in [9.17, 15) is 17.6 Å². The van der Waals surface area contributed by atoms with Gasteiger partial charge in [-0.05, 0) is 16.6 Å². The van der Waals surface area contributed by atoms with Gasteiger partial charge in [-0.25, -0.2) is 13.2 Å². The van der Waals surface area contributed by atoms with Crippen LogP contribution in [-0.2, 0) is 0 Å². The van der Waals surface area contributed by atoms with Crippen LogP contribution in [0.1, 0.15) is 41.5 Å². The van der Waals surface area contributed by atoms with E-state index in [2.05, 4.69) is 0 Å². The molecule has 1 radical (unpaired) electrons. The fraction of sp³-hybridized carbons (Fsp3) is 0.600. The molecule has 0 aliphatic carbocycles. The molecule has 6 heteroatoms. The highest BCUT2D eigenvalue weighted by Crippen LogP contribution is 2.44. The fourth-order valence-corrected chi connectivity index (χ4v) is 8.36. The van der Waals surface area contributed by atoms with Crippen LogP contribution in [0.25, 0.3) is 0 Å². The Hall–Kier alpha value is -1.04. The van der Waals surface area contributed by atoms with Gasteiger partial charge in [0.05, 0.1) is 6.07 Å². The van der Waals surface area contributed by atoms with E-state index in [0.29, 0.717) is 0 Å². The van der Waals surface area contributed by atoms with Crippen LogP contribution < -0.4 is 4.43 Å². The second kappa shape index (κ2) is 6.38. The van der Waals surface area contributed by atoms with Gasteiger partial charge in [-0.2, -0.15) is 4.39 Å². The summed E-state index contributed by atoms with van der Waals surface area (Å²) in [5.74, 6) is -7.24. The summed E-state index contributed by atoms with van der Waals surface area (Å²) in [6, 6.07) is 1.54. The molecule has 0 unspecified atom stereocenters. The molecule has 0 spiro atoms. The molecule has 0 aliphatic rings. The second-order valence-corrected chi connectivity index (χ2v) is 11.5. The molecule has 0 atom stereocenters. The largest absolute Gasteiger partial charge is 0.539 e. The summed E-state index contributed by atoms with van der Waals surface area (Å²) in [5, 5.41) is 0. The third kappa shape index (κ3) is 3.10. The molecule has 1 aromatic rings. The van der Waals surface area contributed by atoms with Crippen molar-refractivity contribution >= 4 is 8.32 Å². The van der Waals surface area contributed by atoms with Crippen molar-refractivity contribution in [1.29, 1.82) is 0 Å². The van der Waals surface area contributed by atoms with E-state index in [1.807, 2.05) is 41.5 Å². The maximum absolute atomic E-state index is 13.9. The average Bonchev–Trinajstić information content (AvgIpc) is 2.35. The Balaban J connectivity index is 3.45. The van der Waals surface area contributed by atoms with Crippen molar-refractivity contribution < 1.29 is 22.0 Å². The van der Waals surface area contributed by atoms with Gasteiger partial charge in [0.25, 0.3) is 8.32 Å². The molecular formula is C15H21F4OSi. The van der Waals surface area contributed by atoms with Crippen LogP contribution in [0.15, 0.2) is 0 Å². The molecule has 0 N–H and O–H groups in total. The van der Waals surface area contributed by atoms with Crippen molar-refractivity contribution in [2.24, 2.45) is 0 Å². The van der Waals surface area contributed by atoms with Crippen LogP contribution in [-0.4, -0.2) is 8.32 Å². The van der Waals surface area contributed by atoms with Gasteiger partial charge >= 0.3 is 0 Å². The molecule has 1 aromatic carbocycles. The van der Waals surface area contributed by atoms with Crippen molar-refractivity contribution in [3.8, 4) is 5.75 Å². The van der Waals surface area contributed by atoms with Gasteiger partial charge in [-0.1, -0.05) is 41.5 Å². The van der Waals surface area contributed by atoms with Gasteiger partial charge in [0.1, 0.15) is 0 Å². The minimum Gasteiger partial charge on any atom is -0.539 e. The molecule has 119 valence electrons. The van der Waals surface area contributed by atoms with E-state index >= 15 is 0 Å². The van der Waals surface area contributed by atoms with Gasteiger partial charge in [-0.3, -0.25) is 0 Å². The topological polar surface area (TPSA) is 9.23 Å². The maximum atomic E-state index is 13.9. The third-order valence-electron chi connectivity index (χ3n) is 3.99. The summed E-state index contributed by atoms with van der Waals surface area (Å²) in [6.07, 6.45) is 0. The monoisotopic (exact) mass is 321 g/mol. The zero-order valence-corrected chi connectivity index (χ0v) is 14.2. The fourth-order valence-electron chi connectivity index (χ4n) is 3.12.